The second-order valence-electron chi connectivity index (χ2n) is 5.38. The maximum atomic E-state index is 12.4. The normalized spacial score (nSPS) is 22.9. The van der Waals surface area contributed by atoms with Crippen LogP contribution in [0.25, 0.3) is 0 Å². The van der Waals surface area contributed by atoms with Gasteiger partial charge in [0, 0.05) is 6.54 Å². The van der Waals surface area contributed by atoms with E-state index in [2.05, 4.69) is 6.92 Å². The van der Waals surface area contributed by atoms with Gasteiger partial charge in [0.25, 0.3) is 0 Å². The largest absolute Gasteiger partial charge is 0.394 e. The summed E-state index contributed by atoms with van der Waals surface area (Å²) in [5.74, 6) is 0.375. The Morgan fingerprint density at radius 1 is 1.40 bits per heavy atom. The Labute approximate surface area is 129 Å². The van der Waals surface area contributed by atoms with E-state index in [9.17, 15) is 9.90 Å². The average Bonchev–Trinajstić information content (AvgIpc) is 2.42. The summed E-state index contributed by atoms with van der Waals surface area (Å²) in [6.45, 7) is 2.82. The van der Waals surface area contributed by atoms with Gasteiger partial charge < -0.3 is 10.0 Å². The van der Waals surface area contributed by atoms with Crippen molar-refractivity contribution in [3.8, 4) is 0 Å². The first kappa shape index (κ1) is 15.6. The summed E-state index contributed by atoms with van der Waals surface area (Å²) in [7, 11) is 0. The molecule has 1 aromatic carbocycles. The van der Waals surface area contributed by atoms with Crippen LogP contribution in [0, 0.1) is 5.92 Å². The van der Waals surface area contributed by atoms with Crippen LogP contribution >= 0.6 is 23.2 Å². The number of aliphatic hydroxyl groups excluding tert-OH is 1. The Morgan fingerprint density at radius 3 is 2.80 bits per heavy atom. The van der Waals surface area contributed by atoms with E-state index in [1.165, 1.54) is 0 Å². The van der Waals surface area contributed by atoms with E-state index in [1.54, 1.807) is 17.0 Å². The highest BCUT2D eigenvalue weighted by molar-refractivity contribution is 6.42. The number of halogens is 2. The molecule has 0 saturated carbocycles. The number of amides is 1. The lowest BCUT2D eigenvalue weighted by Gasteiger charge is -2.39. The zero-order chi connectivity index (χ0) is 14.7. The molecule has 5 heteroatoms. The minimum absolute atomic E-state index is 0.0221. The van der Waals surface area contributed by atoms with Gasteiger partial charge in [0.15, 0.2) is 0 Å². The average molecular weight is 316 g/mol. The molecule has 0 aliphatic carbocycles. The summed E-state index contributed by atoms with van der Waals surface area (Å²) < 4.78 is 0. The number of hydrogen-bond acceptors (Lipinski definition) is 2. The standard InChI is InChI=1S/C15H19Cl2NO2/c1-10-3-2-6-18(14(10)9-19)15(20)8-11-4-5-12(16)13(17)7-11/h4-5,7,10,14,19H,2-3,6,8-9H2,1H3/t10-,14-/m0/s1. The molecule has 1 saturated heterocycles. The van der Waals surface area contributed by atoms with Crippen LogP contribution < -0.4 is 0 Å². The molecule has 1 aromatic rings. The third-order valence-corrected chi connectivity index (χ3v) is 4.70. The molecule has 0 bridgehead atoms. The number of likely N-dealkylation sites (tertiary alicyclic amines) is 1. The third-order valence-electron chi connectivity index (χ3n) is 3.96. The Bertz CT molecular complexity index is 493. The van der Waals surface area contributed by atoms with E-state index in [-0.39, 0.29) is 18.6 Å². The summed E-state index contributed by atoms with van der Waals surface area (Å²) in [5, 5.41) is 10.4. The first-order valence-corrected chi connectivity index (χ1v) is 7.62. The van der Waals surface area contributed by atoms with Crippen molar-refractivity contribution >= 4 is 29.1 Å². The molecule has 1 heterocycles. The van der Waals surface area contributed by atoms with Crippen molar-refractivity contribution in [2.75, 3.05) is 13.2 Å². The lowest BCUT2D eigenvalue weighted by atomic mass is 9.91. The molecule has 0 spiro atoms. The summed E-state index contributed by atoms with van der Waals surface area (Å²) in [6.07, 6.45) is 2.34. The summed E-state index contributed by atoms with van der Waals surface area (Å²) in [4.78, 5) is 14.2. The van der Waals surface area contributed by atoms with Crippen molar-refractivity contribution in [3.63, 3.8) is 0 Å². The molecule has 0 aromatic heterocycles. The van der Waals surface area contributed by atoms with Crippen LogP contribution in [0.2, 0.25) is 10.0 Å². The van der Waals surface area contributed by atoms with Gasteiger partial charge in [0.1, 0.15) is 0 Å². The maximum Gasteiger partial charge on any atom is 0.227 e. The molecule has 0 radical (unpaired) electrons. The smallest absolute Gasteiger partial charge is 0.227 e. The van der Waals surface area contributed by atoms with Gasteiger partial charge in [-0.1, -0.05) is 36.2 Å². The summed E-state index contributed by atoms with van der Waals surface area (Å²) in [5.41, 5.74) is 0.847. The summed E-state index contributed by atoms with van der Waals surface area (Å²) in [6, 6.07) is 5.17. The highest BCUT2D eigenvalue weighted by Crippen LogP contribution is 2.26. The molecule has 2 atom stereocenters. The Morgan fingerprint density at radius 2 is 2.15 bits per heavy atom. The molecule has 1 amide bonds. The maximum absolute atomic E-state index is 12.4. The van der Waals surface area contributed by atoms with Gasteiger partial charge in [-0.25, -0.2) is 0 Å². The zero-order valence-corrected chi connectivity index (χ0v) is 13.0. The van der Waals surface area contributed by atoms with Crippen LogP contribution in [0.5, 0.6) is 0 Å². The van der Waals surface area contributed by atoms with Gasteiger partial charge >= 0.3 is 0 Å². The Hall–Kier alpha value is -0.770. The second kappa shape index (κ2) is 6.79. The molecule has 2 rings (SSSR count). The van der Waals surface area contributed by atoms with Crippen molar-refractivity contribution < 1.29 is 9.90 Å². The Kier molecular flexibility index (Phi) is 5.30. The second-order valence-corrected chi connectivity index (χ2v) is 6.20. The van der Waals surface area contributed by atoms with Gasteiger partial charge in [-0.3, -0.25) is 4.79 Å². The van der Waals surface area contributed by atoms with Crippen LogP contribution in [0.3, 0.4) is 0 Å². The van der Waals surface area contributed by atoms with E-state index < -0.39 is 0 Å². The molecule has 1 aliphatic heterocycles. The molecular weight excluding hydrogens is 297 g/mol. The van der Waals surface area contributed by atoms with E-state index in [1.807, 2.05) is 6.07 Å². The molecule has 1 fully saturated rings. The van der Waals surface area contributed by atoms with Gasteiger partial charge in [0.2, 0.25) is 5.91 Å². The fourth-order valence-corrected chi connectivity index (χ4v) is 3.08. The molecule has 1 N–H and O–H groups in total. The number of piperidine rings is 1. The lowest BCUT2D eigenvalue weighted by molar-refractivity contribution is -0.136. The fraction of sp³-hybridized carbons (Fsp3) is 0.533. The van der Waals surface area contributed by atoms with E-state index >= 15 is 0 Å². The molecule has 110 valence electrons. The van der Waals surface area contributed by atoms with E-state index in [0.29, 0.717) is 22.4 Å². The SMILES string of the molecule is C[C@H]1CCCN(C(=O)Cc2ccc(Cl)c(Cl)c2)[C@H]1CO. The zero-order valence-electron chi connectivity index (χ0n) is 11.5. The van der Waals surface area contributed by atoms with Crippen molar-refractivity contribution in [2.45, 2.75) is 32.2 Å². The predicted octanol–water partition coefficient (Wildman–Crippen LogP) is 3.16. The van der Waals surface area contributed by atoms with Crippen LogP contribution in [-0.4, -0.2) is 35.1 Å². The van der Waals surface area contributed by atoms with Crippen molar-refractivity contribution in [1.82, 2.24) is 4.90 Å². The summed E-state index contributed by atoms with van der Waals surface area (Å²) >= 11 is 11.8. The number of nitrogens with zero attached hydrogens (tertiary/aromatic N) is 1. The van der Waals surface area contributed by atoms with Crippen molar-refractivity contribution in [3.05, 3.63) is 33.8 Å². The topological polar surface area (TPSA) is 40.5 Å². The van der Waals surface area contributed by atoms with E-state index in [4.69, 9.17) is 23.2 Å². The number of benzene rings is 1. The first-order chi connectivity index (χ1) is 9.52. The molecule has 3 nitrogen and oxygen atoms in total. The Balaban J connectivity index is 2.08. The minimum atomic E-state index is -0.0703. The number of hydrogen-bond donors (Lipinski definition) is 1. The predicted molar refractivity (Wildman–Crippen MR) is 81.2 cm³/mol. The van der Waals surface area contributed by atoms with Crippen molar-refractivity contribution in [2.24, 2.45) is 5.92 Å². The quantitative estimate of drug-likeness (QED) is 0.930. The van der Waals surface area contributed by atoms with Crippen LogP contribution in [0.15, 0.2) is 18.2 Å². The number of aliphatic hydroxyl groups is 1. The monoisotopic (exact) mass is 315 g/mol. The van der Waals surface area contributed by atoms with Gasteiger partial charge in [0.05, 0.1) is 29.1 Å². The van der Waals surface area contributed by atoms with Crippen LogP contribution in [0.4, 0.5) is 0 Å². The minimum Gasteiger partial charge on any atom is -0.394 e. The van der Waals surface area contributed by atoms with Crippen molar-refractivity contribution in [1.29, 1.82) is 0 Å². The van der Waals surface area contributed by atoms with Crippen LogP contribution in [0.1, 0.15) is 25.3 Å². The van der Waals surface area contributed by atoms with Gasteiger partial charge in [-0.15, -0.1) is 0 Å². The highest BCUT2D eigenvalue weighted by atomic mass is 35.5. The number of carbonyl (C=O) groups excluding carboxylic acids is 1. The van der Waals surface area contributed by atoms with Gasteiger partial charge in [-0.05, 0) is 36.5 Å². The van der Waals surface area contributed by atoms with Crippen LogP contribution in [-0.2, 0) is 11.2 Å². The first-order valence-electron chi connectivity index (χ1n) is 6.87. The number of rotatable bonds is 3. The lowest BCUT2D eigenvalue weighted by Crippen LogP contribution is -2.50. The molecule has 0 unspecified atom stereocenters. The van der Waals surface area contributed by atoms with E-state index in [0.717, 1.165) is 24.9 Å². The molecule has 20 heavy (non-hydrogen) atoms. The number of carbonyl (C=O) groups is 1. The molecular formula is C15H19Cl2NO2. The third kappa shape index (κ3) is 3.46. The fourth-order valence-electron chi connectivity index (χ4n) is 2.76. The highest BCUT2D eigenvalue weighted by Gasteiger charge is 2.31. The van der Waals surface area contributed by atoms with Gasteiger partial charge in [-0.2, -0.15) is 0 Å². The molecule has 1 aliphatic rings.